The summed E-state index contributed by atoms with van der Waals surface area (Å²) in [5, 5.41) is 12.4. The van der Waals surface area contributed by atoms with E-state index in [1.165, 1.54) is 6.07 Å². The normalized spacial score (nSPS) is 22.9. The number of aliphatic hydroxyl groups excluding tert-OH is 1. The summed E-state index contributed by atoms with van der Waals surface area (Å²) in [5.41, 5.74) is 0.655. The minimum Gasteiger partial charge on any atom is -0.396 e. The standard InChI is InChI=1S/C14H19BrFNO2/c15-12-2-1-11(13(16)7-12)8-17-9-14(3-5-18)4-6-19-10-14/h1-2,7,17-18H,3-6,8-10H2. The van der Waals surface area contributed by atoms with Crippen LogP contribution < -0.4 is 5.32 Å². The molecule has 19 heavy (non-hydrogen) atoms. The summed E-state index contributed by atoms with van der Waals surface area (Å²) >= 11 is 3.24. The molecule has 3 nitrogen and oxygen atoms in total. The van der Waals surface area contributed by atoms with Gasteiger partial charge < -0.3 is 15.2 Å². The maximum Gasteiger partial charge on any atom is 0.128 e. The number of halogens is 2. The molecular formula is C14H19BrFNO2. The fourth-order valence-electron chi connectivity index (χ4n) is 2.44. The minimum atomic E-state index is -0.208. The van der Waals surface area contributed by atoms with Gasteiger partial charge in [0.2, 0.25) is 0 Å². The average molecular weight is 332 g/mol. The summed E-state index contributed by atoms with van der Waals surface area (Å²) in [7, 11) is 0. The molecule has 1 heterocycles. The first kappa shape index (κ1) is 14.9. The Morgan fingerprint density at radius 1 is 1.47 bits per heavy atom. The number of rotatable bonds is 6. The van der Waals surface area contributed by atoms with Gasteiger partial charge in [-0.2, -0.15) is 0 Å². The van der Waals surface area contributed by atoms with Crippen LogP contribution in [0.5, 0.6) is 0 Å². The van der Waals surface area contributed by atoms with Crippen molar-refractivity contribution in [3.05, 3.63) is 34.1 Å². The van der Waals surface area contributed by atoms with Crippen LogP contribution in [0.2, 0.25) is 0 Å². The molecule has 106 valence electrons. The van der Waals surface area contributed by atoms with Crippen molar-refractivity contribution < 1.29 is 14.2 Å². The second-order valence-corrected chi connectivity index (χ2v) is 6.03. The van der Waals surface area contributed by atoms with Crippen molar-refractivity contribution in [2.45, 2.75) is 19.4 Å². The Morgan fingerprint density at radius 2 is 2.32 bits per heavy atom. The fourth-order valence-corrected chi connectivity index (χ4v) is 2.77. The van der Waals surface area contributed by atoms with E-state index < -0.39 is 0 Å². The molecule has 1 aromatic rings. The Bertz CT molecular complexity index is 422. The van der Waals surface area contributed by atoms with Gasteiger partial charge in [0.15, 0.2) is 0 Å². The van der Waals surface area contributed by atoms with Crippen molar-refractivity contribution in [1.29, 1.82) is 0 Å². The molecule has 0 amide bonds. The Balaban J connectivity index is 1.88. The summed E-state index contributed by atoms with van der Waals surface area (Å²) in [6, 6.07) is 5.08. The van der Waals surface area contributed by atoms with Crippen molar-refractivity contribution in [3.8, 4) is 0 Å². The molecule has 5 heteroatoms. The van der Waals surface area contributed by atoms with E-state index in [0.29, 0.717) is 18.7 Å². The van der Waals surface area contributed by atoms with Gasteiger partial charge in [-0.3, -0.25) is 0 Å². The zero-order valence-corrected chi connectivity index (χ0v) is 12.4. The molecule has 1 aliphatic heterocycles. The van der Waals surface area contributed by atoms with Crippen LogP contribution in [0.4, 0.5) is 4.39 Å². The molecule has 2 rings (SSSR count). The minimum absolute atomic E-state index is 0.000585. The van der Waals surface area contributed by atoms with Gasteiger partial charge in [0, 0.05) is 41.8 Å². The molecule has 0 bridgehead atoms. The van der Waals surface area contributed by atoms with Gasteiger partial charge in [0.05, 0.1) is 6.61 Å². The molecule has 1 saturated heterocycles. The largest absolute Gasteiger partial charge is 0.396 e. The molecule has 1 aliphatic rings. The number of benzene rings is 1. The van der Waals surface area contributed by atoms with Crippen LogP contribution in [-0.2, 0) is 11.3 Å². The van der Waals surface area contributed by atoms with Crippen LogP contribution in [0, 0.1) is 11.2 Å². The highest BCUT2D eigenvalue weighted by Gasteiger charge is 2.33. The Labute approximate surface area is 121 Å². The van der Waals surface area contributed by atoms with E-state index >= 15 is 0 Å². The molecule has 1 fully saturated rings. The van der Waals surface area contributed by atoms with E-state index in [9.17, 15) is 4.39 Å². The molecule has 1 aromatic carbocycles. The van der Waals surface area contributed by atoms with Crippen molar-refractivity contribution in [2.75, 3.05) is 26.4 Å². The lowest BCUT2D eigenvalue weighted by Gasteiger charge is -2.26. The third kappa shape index (κ3) is 3.99. The van der Waals surface area contributed by atoms with Gasteiger partial charge in [0.25, 0.3) is 0 Å². The third-order valence-electron chi connectivity index (χ3n) is 3.66. The first-order valence-corrected chi connectivity index (χ1v) is 7.28. The van der Waals surface area contributed by atoms with E-state index in [0.717, 1.165) is 30.5 Å². The molecule has 0 aromatic heterocycles. The zero-order valence-electron chi connectivity index (χ0n) is 10.8. The van der Waals surface area contributed by atoms with Gasteiger partial charge >= 0.3 is 0 Å². The van der Waals surface area contributed by atoms with E-state index in [2.05, 4.69) is 21.2 Å². The van der Waals surface area contributed by atoms with E-state index in [1.807, 2.05) is 6.07 Å². The SMILES string of the molecule is OCCC1(CNCc2ccc(Br)cc2F)CCOC1. The number of hydrogen-bond donors (Lipinski definition) is 2. The van der Waals surface area contributed by atoms with Crippen LogP contribution in [0.1, 0.15) is 18.4 Å². The van der Waals surface area contributed by atoms with Crippen LogP contribution in [0.3, 0.4) is 0 Å². The van der Waals surface area contributed by atoms with Crippen LogP contribution in [0.25, 0.3) is 0 Å². The second kappa shape index (κ2) is 6.79. The Kier molecular flexibility index (Phi) is 5.33. The number of hydrogen-bond acceptors (Lipinski definition) is 3. The van der Waals surface area contributed by atoms with E-state index in [1.54, 1.807) is 6.07 Å². The smallest absolute Gasteiger partial charge is 0.128 e. The summed E-state index contributed by atoms with van der Waals surface area (Å²) in [6.45, 7) is 2.81. The van der Waals surface area contributed by atoms with Gasteiger partial charge in [-0.25, -0.2) is 4.39 Å². The number of ether oxygens (including phenoxy) is 1. The molecule has 1 atom stereocenters. The van der Waals surface area contributed by atoms with Crippen LogP contribution in [-0.4, -0.2) is 31.5 Å². The van der Waals surface area contributed by atoms with Crippen molar-refractivity contribution in [3.63, 3.8) is 0 Å². The van der Waals surface area contributed by atoms with Crippen molar-refractivity contribution >= 4 is 15.9 Å². The lowest BCUT2D eigenvalue weighted by molar-refractivity contribution is 0.124. The predicted molar refractivity (Wildman–Crippen MR) is 75.4 cm³/mol. The zero-order chi connectivity index (χ0) is 13.7. The van der Waals surface area contributed by atoms with Gasteiger partial charge in [0.1, 0.15) is 5.82 Å². The maximum absolute atomic E-state index is 13.7. The Hall–Kier alpha value is -0.490. The molecule has 1 unspecified atom stereocenters. The molecule has 2 N–H and O–H groups in total. The summed E-state index contributed by atoms with van der Waals surface area (Å²) in [6.07, 6.45) is 1.67. The molecule has 0 saturated carbocycles. The van der Waals surface area contributed by atoms with Crippen LogP contribution >= 0.6 is 15.9 Å². The molecule has 0 aliphatic carbocycles. The first-order valence-electron chi connectivity index (χ1n) is 6.48. The lowest BCUT2D eigenvalue weighted by Crippen LogP contribution is -2.35. The van der Waals surface area contributed by atoms with Gasteiger partial charge in [-0.1, -0.05) is 22.0 Å². The quantitative estimate of drug-likeness (QED) is 0.841. The molecule has 0 spiro atoms. The monoisotopic (exact) mass is 331 g/mol. The highest BCUT2D eigenvalue weighted by Crippen LogP contribution is 2.31. The molecular weight excluding hydrogens is 313 g/mol. The third-order valence-corrected chi connectivity index (χ3v) is 4.15. The summed E-state index contributed by atoms with van der Waals surface area (Å²) in [5.74, 6) is -0.208. The van der Waals surface area contributed by atoms with E-state index in [-0.39, 0.29) is 17.8 Å². The highest BCUT2D eigenvalue weighted by molar-refractivity contribution is 9.10. The van der Waals surface area contributed by atoms with Crippen molar-refractivity contribution in [2.24, 2.45) is 5.41 Å². The second-order valence-electron chi connectivity index (χ2n) is 5.12. The average Bonchev–Trinajstić information content (AvgIpc) is 2.81. The number of nitrogens with one attached hydrogen (secondary N) is 1. The van der Waals surface area contributed by atoms with Gasteiger partial charge in [-0.05, 0) is 25.0 Å². The maximum atomic E-state index is 13.7. The summed E-state index contributed by atoms with van der Waals surface area (Å²) in [4.78, 5) is 0. The first-order chi connectivity index (χ1) is 9.15. The van der Waals surface area contributed by atoms with Crippen molar-refractivity contribution in [1.82, 2.24) is 5.32 Å². The Morgan fingerprint density at radius 3 is 2.95 bits per heavy atom. The van der Waals surface area contributed by atoms with Gasteiger partial charge in [-0.15, -0.1) is 0 Å². The topological polar surface area (TPSA) is 41.5 Å². The highest BCUT2D eigenvalue weighted by atomic mass is 79.9. The number of aliphatic hydroxyl groups is 1. The lowest BCUT2D eigenvalue weighted by atomic mass is 9.84. The molecule has 0 radical (unpaired) electrons. The van der Waals surface area contributed by atoms with Crippen LogP contribution in [0.15, 0.2) is 22.7 Å². The predicted octanol–water partition coefficient (Wildman–Crippen LogP) is 2.47. The summed E-state index contributed by atoms with van der Waals surface area (Å²) < 4.78 is 19.8. The fraction of sp³-hybridized carbons (Fsp3) is 0.571. The van der Waals surface area contributed by atoms with E-state index in [4.69, 9.17) is 9.84 Å².